The number of nitrogens with one attached hydrogen (secondary N) is 2. The number of rotatable bonds is 9. The molecule has 0 aliphatic rings. The van der Waals surface area contributed by atoms with Gasteiger partial charge in [-0.25, -0.2) is 4.79 Å². The number of carbonyl (C=O) groups excluding carboxylic acids is 3. The van der Waals surface area contributed by atoms with E-state index < -0.39 is 12.1 Å². The zero-order chi connectivity index (χ0) is 19.5. The Balaban J connectivity index is 2.66. The zero-order valence-electron chi connectivity index (χ0n) is 15.8. The van der Waals surface area contributed by atoms with Crippen LogP contribution in [0.5, 0.6) is 0 Å². The van der Waals surface area contributed by atoms with E-state index in [0.717, 1.165) is 11.1 Å². The van der Waals surface area contributed by atoms with Crippen LogP contribution in [0.2, 0.25) is 0 Å². The summed E-state index contributed by atoms with van der Waals surface area (Å²) < 4.78 is 9.92. The quantitative estimate of drug-likeness (QED) is 0.657. The van der Waals surface area contributed by atoms with Crippen LogP contribution in [0.15, 0.2) is 24.3 Å². The molecule has 1 aromatic carbocycles. The van der Waals surface area contributed by atoms with Crippen LogP contribution < -0.4 is 10.6 Å². The highest BCUT2D eigenvalue weighted by Crippen LogP contribution is 2.19. The summed E-state index contributed by atoms with van der Waals surface area (Å²) in [6.07, 6.45) is -0.653. The molecule has 0 heterocycles. The Bertz CT molecular complexity index is 598. The Morgan fingerprint density at radius 2 is 1.77 bits per heavy atom. The van der Waals surface area contributed by atoms with Crippen molar-refractivity contribution in [2.24, 2.45) is 0 Å². The zero-order valence-corrected chi connectivity index (χ0v) is 15.8. The minimum absolute atomic E-state index is 0.0400. The molecular weight excluding hydrogens is 336 g/mol. The van der Waals surface area contributed by atoms with Gasteiger partial charge in [-0.2, -0.15) is 0 Å². The summed E-state index contributed by atoms with van der Waals surface area (Å²) in [5.41, 5.74) is 1.91. The van der Waals surface area contributed by atoms with Gasteiger partial charge in [-0.05, 0) is 33.3 Å². The van der Waals surface area contributed by atoms with Gasteiger partial charge >= 0.3 is 12.1 Å². The van der Waals surface area contributed by atoms with Crippen LogP contribution in [0.3, 0.4) is 0 Å². The van der Waals surface area contributed by atoms with Crippen molar-refractivity contribution in [3.8, 4) is 0 Å². The summed E-state index contributed by atoms with van der Waals surface area (Å²) >= 11 is 0. The molecule has 0 fully saturated rings. The maximum atomic E-state index is 12.2. The number of hydrogen-bond donors (Lipinski definition) is 2. The Morgan fingerprint density at radius 1 is 1.12 bits per heavy atom. The second kappa shape index (κ2) is 11.1. The highest BCUT2D eigenvalue weighted by Gasteiger charge is 2.20. The fraction of sp³-hybridized carbons (Fsp3) is 0.526. The predicted octanol–water partition coefficient (Wildman–Crippen LogP) is 2.63. The first-order valence-corrected chi connectivity index (χ1v) is 8.77. The molecular formula is C19H28N2O5. The molecule has 1 rings (SSSR count). The number of hydrogen-bond acceptors (Lipinski definition) is 5. The summed E-state index contributed by atoms with van der Waals surface area (Å²) in [6.45, 7) is 7.64. The summed E-state index contributed by atoms with van der Waals surface area (Å²) in [4.78, 5) is 35.4. The van der Waals surface area contributed by atoms with E-state index in [-0.39, 0.29) is 44.0 Å². The van der Waals surface area contributed by atoms with Gasteiger partial charge < -0.3 is 20.1 Å². The van der Waals surface area contributed by atoms with Gasteiger partial charge in [0.2, 0.25) is 5.91 Å². The number of ether oxygens (including phenoxy) is 2. The molecule has 0 aliphatic carbocycles. The molecule has 0 spiro atoms. The Labute approximate surface area is 154 Å². The van der Waals surface area contributed by atoms with Crippen LogP contribution in [0.4, 0.5) is 4.79 Å². The lowest BCUT2D eigenvalue weighted by Gasteiger charge is -2.20. The summed E-state index contributed by atoms with van der Waals surface area (Å²) in [6, 6.07) is 7.10. The fourth-order valence-corrected chi connectivity index (χ4v) is 2.26. The van der Waals surface area contributed by atoms with E-state index in [1.807, 2.05) is 31.2 Å². The molecule has 2 N–H and O–H groups in total. The van der Waals surface area contributed by atoms with Gasteiger partial charge in [0.1, 0.15) is 0 Å². The molecule has 1 unspecified atom stereocenters. The minimum Gasteiger partial charge on any atom is -0.463 e. The molecule has 0 saturated carbocycles. The number of carbonyl (C=O) groups is 3. The highest BCUT2D eigenvalue weighted by atomic mass is 16.5. The second-order valence-electron chi connectivity index (χ2n) is 6.17. The van der Waals surface area contributed by atoms with E-state index >= 15 is 0 Å². The van der Waals surface area contributed by atoms with Crippen molar-refractivity contribution in [3.63, 3.8) is 0 Å². The summed E-state index contributed by atoms with van der Waals surface area (Å²) in [7, 11) is 0. The molecule has 1 aromatic rings. The van der Waals surface area contributed by atoms with Crippen molar-refractivity contribution >= 4 is 18.0 Å². The van der Waals surface area contributed by atoms with Crippen molar-refractivity contribution in [2.45, 2.75) is 52.7 Å². The van der Waals surface area contributed by atoms with E-state index in [2.05, 4.69) is 10.6 Å². The molecule has 1 atom stereocenters. The highest BCUT2D eigenvalue weighted by molar-refractivity contribution is 5.79. The number of aryl methyl sites for hydroxylation is 1. The fourth-order valence-electron chi connectivity index (χ4n) is 2.26. The van der Waals surface area contributed by atoms with Gasteiger partial charge in [-0.3, -0.25) is 9.59 Å². The van der Waals surface area contributed by atoms with E-state index in [1.54, 1.807) is 20.8 Å². The second-order valence-corrected chi connectivity index (χ2v) is 6.17. The first kappa shape index (κ1) is 21.5. The lowest BCUT2D eigenvalue weighted by atomic mass is 10.0. The van der Waals surface area contributed by atoms with Crippen molar-refractivity contribution in [1.29, 1.82) is 0 Å². The molecule has 0 radical (unpaired) electrons. The molecule has 7 nitrogen and oxygen atoms in total. The number of esters is 1. The Morgan fingerprint density at radius 3 is 2.35 bits per heavy atom. The number of amides is 2. The molecule has 0 saturated heterocycles. The maximum absolute atomic E-state index is 12.2. The Kier molecular flexibility index (Phi) is 9.19. The van der Waals surface area contributed by atoms with Crippen LogP contribution in [0, 0.1) is 6.92 Å². The third-order valence-electron chi connectivity index (χ3n) is 3.45. The summed E-state index contributed by atoms with van der Waals surface area (Å²) in [5, 5.41) is 5.32. The van der Waals surface area contributed by atoms with Gasteiger partial charge in [-0.15, -0.1) is 0 Å². The van der Waals surface area contributed by atoms with E-state index in [1.165, 1.54) is 0 Å². The van der Waals surface area contributed by atoms with Crippen molar-refractivity contribution in [1.82, 2.24) is 10.6 Å². The predicted molar refractivity (Wildman–Crippen MR) is 97.5 cm³/mol. The average Bonchev–Trinajstić information content (AvgIpc) is 2.54. The first-order valence-electron chi connectivity index (χ1n) is 8.77. The lowest BCUT2D eigenvalue weighted by Crippen LogP contribution is -2.34. The maximum Gasteiger partial charge on any atom is 0.407 e. The van der Waals surface area contributed by atoms with Gasteiger partial charge in [0.05, 0.1) is 25.2 Å². The molecule has 7 heteroatoms. The van der Waals surface area contributed by atoms with Gasteiger partial charge in [0.15, 0.2) is 0 Å². The Hall–Kier alpha value is -2.57. The van der Waals surface area contributed by atoms with Crippen LogP contribution in [-0.2, 0) is 19.1 Å². The van der Waals surface area contributed by atoms with Crippen LogP contribution >= 0.6 is 0 Å². The van der Waals surface area contributed by atoms with Crippen molar-refractivity contribution < 1.29 is 23.9 Å². The van der Waals surface area contributed by atoms with E-state index in [0.29, 0.717) is 0 Å². The minimum atomic E-state index is -0.559. The molecule has 0 bridgehead atoms. The standard InChI is InChI=1S/C19H28N2O5/c1-5-25-19(24)20-11-10-17(22)21-16(12-18(23)26-13(2)3)15-8-6-14(4)7-9-15/h6-9,13,16H,5,10-12H2,1-4H3,(H,20,24)(H,21,22). The molecule has 26 heavy (non-hydrogen) atoms. The largest absolute Gasteiger partial charge is 0.463 e. The van der Waals surface area contributed by atoms with Crippen LogP contribution in [0.25, 0.3) is 0 Å². The van der Waals surface area contributed by atoms with Crippen molar-refractivity contribution in [2.75, 3.05) is 13.2 Å². The number of alkyl carbamates (subject to hydrolysis) is 1. The van der Waals surface area contributed by atoms with Gasteiger partial charge in [0.25, 0.3) is 0 Å². The van der Waals surface area contributed by atoms with Gasteiger partial charge in [0, 0.05) is 13.0 Å². The first-order chi connectivity index (χ1) is 12.3. The molecule has 0 aromatic heterocycles. The summed E-state index contributed by atoms with van der Waals surface area (Å²) in [5.74, 6) is -0.653. The third-order valence-corrected chi connectivity index (χ3v) is 3.45. The normalized spacial score (nSPS) is 11.6. The SMILES string of the molecule is CCOC(=O)NCCC(=O)NC(CC(=O)OC(C)C)c1ccc(C)cc1. The van der Waals surface area contributed by atoms with Gasteiger partial charge in [-0.1, -0.05) is 29.8 Å². The lowest BCUT2D eigenvalue weighted by molar-refractivity contribution is -0.148. The smallest absolute Gasteiger partial charge is 0.407 e. The van der Waals surface area contributed by atoms with Crippen molar-refractivity contribution in [3.05, 3.63) is 35.4 Å². The average molecular weight is 364 g/mol. The molecule has 2 amide bonds. The third kappa shape index (κ3) is 8.50. The monoisotopic (exact) mass is 364 g/mol. The number of benzene rings is 1. The van der Waals surface area contributed by atoms with E-state index in [9.17, 15) is 14.4 Å². The van der Waals surface area contributed by atoms with Crippen LogP contribution in [-0.4, -0.2) is 37.2 Å². The molecule has 144 valence electrons. The topological polar surface area (TPSA) is 93.7 Å². The molecule has 0 aliphatic heterocycles. The van der Waals surface area contributed by atoms with E-state index in [4.69, 9.17) is 9.47 Å². The van der Waals surface area contributed by atoms with Crippen LogP contribution in [0.1, 0.15) is 50.8 Å².